The minimum absolute atomic E-state index is 0.0775. The zero-order chi connectivity index (χ0) is 18.2. The van der Waals surface area contributed by atoms with E-state index in [9.17, 15) is 14.4 Å². The average molecular weight is 364 g/mol. The van der Waals surface area contributed by atoms with Gasteiger partial charge in [-0.3, -0.25) is 9.59 Å². The largest absolute Gasteiger partial charge is 0.462 e. The Balaban J connectivity index is 1.90. The van der Waals surface area contributed by atoms with Gasteiger partial charge in [0, 0.05) is 17.8 Å². The number of anilines is 1. The van der Waals surface area contributed by atoms with Gasteiger partial charge in [0.1, 0.15) is 5.00 Å². The number of aryl methyl sites for hydroxylation is 1. The third-order valence-corrected chi connectivity index (χ3v) is 4.46. The van der Waals surface area contributed by atoms with Crippen LogP contribution in [0.2, 0.25) is 0 Å². The van der Waals surface area contributed by atoms with E-state index in [0.717, 1.165) is 11.3 Å². The highest BCUT2D eigenvalue weighted by Gasteiger charge is 2.18. The summed E-state index contributed by atoms with van der Waals surface area (Å²) in [6.45, 7) is 4.12. The summed E-state index contributed by atoms with van der Waals surface area (Å²) < 4.78 is 9.98. The number of hydrogen-bond acceptors (Lipinski definition) is 6. The van der Waals surface area contributed by atoms with Gasteiger partial charge in [0.15, 0.2) is 5.76 Å². The van der Waals surface area contributed by atoms with Crippen molar-refractivity contribution >= 4 is 34.1 Å². The van der Waals surface area contributed by atoms with Gasteiger partial charge in [0.2, 0.25) is 5.91 Å². The van der Waals surface area contributed by atoms with Crippen molar-refractivity contribution in [1.82, 2.24) is 5.32 Å². The minimum Gasteiger partial charge on any atom is -0.462 e. The predicted molar refractivity (Wildman–Crippen MR) is 93.9 cm³/mol. The molecule has 0 atom stereocenters. The molecule has 0 radical (unpaired) electrons. The Morgan fingerprint density at radius 2 is 2.08 bits per heavy atom. The summed E-state index contributed by atoms with van der Waals surface area (Å²) in [7, 11) is 0. The van der Waals surface area contributed by atoms with Crippen molar-refractivity contribution in [3.63, 3.8) is 0 Å². The van der Waals surface area contributed by atoms with Crippen LogP contribution < -0.4 is 10.6 Å². The predicted octanol–water partition coefficient (Wildman–Crippen LogP) is 2.84. The number of rotatable bonds is 8. The van der Waals surface area contributed by atoms with Crippen LogP contribution in [0.15, 0.2) is 28.9 Å². The first-order chi connectivity index (χ1) is 12.0. The molecule has 2 amide bonds. The SMILES string of the molecule is CCOC(=O)c1cc(CC)sc1NC(=O)CCNC(=O)c1ccco1. The number of nitrogens with one attached hydrogen (secondary N) is 2. The van der Waals surface area contributed by atoms with Crippen LogP contribution in [-0.2, 0) is 16.0 Å². The molecule has 0 aliphatic rings. The Morgan fingerprint density at radius 3 is 2.72 bits per heavy atom. The fraction of sp³-hybridized carbons (Fsp3) is 0.353. The lowest BCUT2D eigenvalue weighted by molar-refractivity contribution is -0.116. The highest BCUT2D eigenvalue weighted by molar-refractivity contribution is 7.16. The zero-order valence-electron chi connectivity index (χ0n) is 14.1. The summed E-state index contributed by atoms with van der Waals surface area (Å²) in [5, 5.41) is 5.78. The van der Waals surface area contributed by atoms with Crippen LogP contribution in [0.25, 0.3) is 0 Å². The molecule has 8 heteroatoms. The molecule has 2 aromatic rings. The Bertz CT molecular complexity index is 736. The van der Waals surface area contributed by atoms with E-state index in [1.807, 2.05) is 6.92 Å². The molecule has 2 rings (SSSR count). The van der Waals surface area contributed by atoms with Gasteiger partial charge in [-0.05, 0) is 31.5 Å². The Labute approximate surface area is 149 Å². The van der Waals surface area contributed by atoms with Crippen LogP contribution in [0, 0.1) is 0 Å². The lowest BCUT2D eigenvalue weighted by Crippen LogP contribution is -2.27. The van der Waals surface area contributed by atoms with Gasteiger partial charge < -0.3 is 19.8 Å². The maximum atomic E-state index is 12.1. The van der Waals surface area contributed by atoms with Gasteiger partial charge in [-0.2, -0.15) is 0 Å². The highest BCUT2D eigenvalue weighted by Crippen LogP contribution is 2.29. The normalized spacial score (nSPS) is 10.3. The van der Waals surface area contributed by atoms with E-state index in [4.69, 9.17) is 9.15 Å². The number of carbonyl (C=O) groups is 3. The Hall–Kier alpha value is -2.61. The van der Waals surface area contributed by atoms with Crippen molar-refractivity contribution in [3.05, 3.63) is 40.7 Å². The van der Waals surface area contributed by atoms with E-state index < -0.39 is 5.97 Å². The maximum Gasteiger partial charge on any atom is 0.341 e. The molecule has 0 aliphatic heterocycles. The Kier molecular flexibility index (Phi) is 6.76. The first-order valence-electron chi connectivity index (χ1n) is 7.96. The molecule has 0 aromatic carbocycles. The van der Waals surface area contributed by atoms with E-state index in [1.54, 1.807) is 25.1 Å². The van der Waals surface area contributed by atoms with E-state index in [2.05, 4.69) is 10.6 Å². The molecular weight excluding hydrogens is 344 g/mol. The minimum atomic E-state index is -0.458. The third kappa shape index (κ3) is 5.18. The smallest absolute Gasteiger partial charge is 0.341 e. The number of ether oxygens (including phenoxy) is 1. The zero-order valence-corrected chi connectivity index (χ0v) is 14.9. The molecule has 0 unspecified atom stereocenters. The molecule has 0 spiro atoms. The number of hydrogen-bond donors (Lipinski definition) is 2. The standard InChI is InChI=1S/C17H20N2O5S/c1-3-11-10-12(17(22)23-4-2)16(25-11)19-14(20)7-8-18-15(21)13-6-5-9-24-13/h5-6,9-10H,3-4,7-8H2,1-2H3,(H,18,21)(H,19,20). The number of thiophene rings is 1. The van der Waals surface area contributed by atoms with Crippen LogP contribution in [0.1, 0.15) is 46.1 Å². The summed E-state index contributed by atoms with van der Waals surface area (Å²) in [5.74, 6) is -0.945. The summed E-state index contributed by atoms with van der Waals surface area (Å²) >= 11 is 1.34. The first-order valence-corrected chi connectivity index (χ1v) is 8.78. The second-order valence-corrected chi connectivity index (χ2v) is 6.20. The van der Waals surface area contributed by atoms with Crippen LogP contribution >= 0.6 is 11.3 Å². The quantitative estimate of drug-likeness (QED) is 0.702. The maximum absolute atomic E-state index is 12.1. The second kappa shape index (κ2) is 9.03. The molecule has 0 bridgehead atoms. The van der Waals surface area contributed by atoms with E-state index in [1.165, 1.54) is 17.6 Å². The molecular formula is C17H20N2O5S. The highest BCUT2D eigenvalue weighted by atomic mass is 32.1. The van der Waals surface area contributed by atoms with Crippen molar-refractivity contribution in [2.45, 2.75) is 26.7 Å². The average Bonchev–Trinajstić information content (AvgIpc) is 3.24. The van der Waals surface area contributed by atoms with Gasteiger partial charge in [-0.1, -0.05) is 6.92 Å². The second-order valence-electron chi connectivity index (χ2n) is 5.06. The summed E-state index contributed by atoms with van der Waals surface area (Å²) in [6.07, 6.45) is 2.24. The third-order valence-electron chi connectivity index (χ3n) is 3.26. The van der Waals surface area contributed by atoms with Crippen molar-refractivity contribution in [2.75, 3.05) is 18.5 Å². The van der Waals surface area contributed by atoms with E-state index >= 15 is 0 Å². The van der Waals surface area contributed by atoms with E-state index in [0.29, 0.717) is 10.6 Å². The van der Waals surface area contributed by atoms with Crippen molar-refractivity contribution in [2.24, 2.45) is 0 Å². The van der Waals surface area contributed by atoms with Crippen molar-refractivity contribution in [3.8, 4) is 0 Å². The summed E-state index contributed by atoms with van der Waals surface area (Å²) in [6, 6.07) is 4.89. The molecule has 0 saturated heterocycles. The van der Waals surface area contributed by atoms with Crippen molar-refractivity contribution in [1.29, 1.82) is 0 Å². The number of furan rings is 1. The van der Waals surface area contributed by atoms with Gasteiger partial charge in [-0.15, -0.1) is 11.3 Å². The lowest BCUT2D eigenvalue weighted by atomic mass is 10.2. The lowest BCUT2D eigenvalue weighted by Gasteiger charge is -2.06. The number of carbonyl (C=O) groups excluding carboxylic acids is 3. The van der Waals surface area contributed by atoms with Gasteiger partial charge >= 0.3 is 5.97 Å². The topological polar surface area (TPSA) is 97.6 Å². The molecule has 2 aromatic heterocycles. The molecule has 25 heavy (non-hydrogen) atoms. The molecule has 2 N–H and O–H groups in total. The number of esters is 1. The molecule has 0 saturated carbocycles. The van der Waals surface area contributed by atoms with Gasteiger partial charge in [-0.25, -0.2) is 4.79 Å². The Morgan fingerprint density at radius 1 is 1.28 bits per heavy atom. The number of amides is 2. The molecule has 7 nitrogen and oxygen atoms in total. The van der Waals surface area contributed by atoms with Crippen LogP contribution in [0.5, 0.6) is 0 Å². The summed E-state index contributed by atoms with van der Waals surface area (Å²) in [5.41, 5.74) is 0.358. The summed E-state index contributed by atoms with van der Waals surface area (Å²) in [4.78, 5) is 36.7. The first kappa shape index (κ1) is 18.7. The van der Waals surface area contributed by atoms with Crippen LogP contribution in [0.3, 0.4) is 0 Å². The fourth-order valence-electron chi connectivity index (χ4n) is 2.04. The molecule has 134 valence electrons. The van der Waals surface area contributed by atoms with Crippen molar-refractivity contribution < 1.29 is 23.5 Å². The molecule has 2 heterocycles. The van der Waals surface area contributed by atoms with Gasteiger partial charge in [0.05, 0.1) is 18.4 Å². The molecule has 0 fully saturated rings. The van der Waals surface area contributed by atoms with Crippen LogP contribution in [0.4, 0.5) is 5.00 Å². The fourth-order valence-corrected chi connectivity index (χ4v) is 3.04. The van der Waals surface area contributed by atoms with E-state index in [-0.39, 0.29) is 37.1 Å². The van der Waals surface area contributed by atoms with Crippen LogP contribution in [-0.4, -0.2) is 30.9 Å². The molecule has 0 aliphatic carbocycles. The van der Waals surface area contributed by atoms with Gasteiger partial charge in [0.25, 0.3) is 5.91 Å². The monoisotopic (exact) mass is 364 g/mol.